The molecule has 1 aromatic carbocycles. The molecule has 0 fully saturated rings. The van der Waals surface area contributed by atoms with E-state index in [2.05, 4.69) is 20.7 Å². The molecule has 1 aromatic rings. The lowest BCUT2D eigenvalue weighted by atomic mass is 10.2. The van der Waals surface area contributed by atoms with Crippen molar-refractivity contribution in [2.75, 3.05) is 10.5 Å². The van der Waals surface area contributed by atoms with Crippen LogP contribution in [0.15, 0.2) is 24.3 Å². The molecule has 0 unspecified atom stereocenters. The summed E-state index contributed by atoms with van der Waals surface area (Å²) in [5.41, 5.74) is 1.32. The molecule has 0 aromatic heterocycles. The lowest BCUT2D eigenvalue weighted by Crippen LogP contribution is -2.18. The van der Waals surface area contributed by atoms with E-state index in [1.807, 2.05) is 0 Å². The summed E-state index contributed by atoms with van der Waals surface area (Å²) in [5, 5.41) is 0.644. The molecule has 19 heavy (non-hydrogen) atoms. The molecule has 0 radical (unpaired) electrons. The minimum atomic E-state index is -4.33. The second-order valence-electron chi connectivity index (χ2n) is 3.97. The molecule has 0 aliphatic heterocycles. The Labute approximate surface area is 118 Å². The Bertz CT molecular complexity index is 500. The van der Waals surface area contributed by atoms with Gasteiger partial charge in [0, 0.05) is 17.4 Å². The smallest absolute Gasteiger partial charge is 0.284 e. The number of nitrogens with one attached hydrogen (secondary N) is 1. The third-order valence-electron chi connectivity index (χ3n) is 2.25. The Morgan fingerprint density at radius 3 is 2.21 bits per heavy atom. The van der Waals surface area contributed by atoms with Crippen molar-refractivity contribution in [2.24, 2.45) is 0 Å². The topological polar surface area (TPSA) is 46.2 Å². The number of halogens is 4. The Balaban J connectivity index is 2.54. The predicted octanol–water partition coefficient (Wildman–Crippen LogP) is 3.67. The molecule has 0 saturated heterocycles. The lowest BCUT2D eigenvalue weighted by Gasteiger charge is -2.09. The average molecular weight is 360 g/mol. The Morgan fingerprint density at radius 2 is 1.74 bits per heavy atom. The van der Waals surface area contributed by atoms with Crippen molar-refractivity contribution in [3.63, 3.8) is 0 Å². The highest BCUT2D eigenvalue weighted by atomic mass is 79.9. The summed E-state index contributed by atoms with van der Waals surface area (Å²) in [6.07, 6.45) is -5.87. The largest absolute Gasteiger partial charge is 0.389 e. The molecule has 0 amide bonds. The fraction of sp³-hybridized carbons (Fsp3) is 0.455. The molecule has 8 heteroatoms. The van der Waals surface area contributed by atoms with Crippen molar-refractivity contribution in [3.05, 3.63) is 29.8 Å². The second-order valence-corrected chi connectivity index (χ2v) is 6.37. The summed E-state index contributed by atoms with van der Waals surface area (Å²) in [6, 6.07) is 6.58. The van der Waals surface area contributed by atoms with Gasteiger partial charge >= 0.3 is 6.18 Å². The van der Waals surface area contributed by atoms with Crippen molar-refractivity contribution >= 4 is 31.6 Å². The first-order valence-electron chi connectivity index (χ1n) is 5.44. The molecule has 1 N–H and O–H groups in total. The Hall–Kier alpha value is -0.760. The van der Waals surface area contributed by atoms with E-state index in [9.17, 15) is 21.6 Å². The van der Waals surface area contributed by atoms with Gasteiger partial charge in [-0.25, -0.2) is 8.42 Å². The van der Waals surface area contributed by atoms with Gasteiger partial charge in [0.05, 0.1) is 5.75 Å². The van der Waals surface area contributed by atoms with Crippen LogP contribution >= 0.6 is 15.9 Å². The van der Waals surface area contributed by atoms with E-state index >= 15 is 0 Å². The van der Waals surface area contributed by atoms with Crippen molar-refractivity contribution in [3.8, 4) is 0 Å². The molecule has 0 aliphatic carbocycles. The van der Waals surface area contributed by atoms with Gasteiger partial charge < -0.3 is 0 Å². The third-order valence-corrected chi connectivity index (χ3v) is 4.28. The zero-order valence-electron chi connectivity index (χ0n) is 9.87. The van der Waals surface area contributed by atoms with Crippen LogP contribution in [-0.2, 0) is 15.4 Å². The summed E-state index contributed by atoms with van der Waals surface area (Å²) in [7, 11) is -3.74. The lowest BCUT2D eigenvalue weighted by molar-refractivity contribution is -0.134. The van der Waals surface area contributed by atoms with Gasteiger partial charge in [-0.1, -0.05) is 28.1 Å². The van der Waals surface area contributed by atoms with Crippen molar-refractivity contribution in [2.45, 2.75) is 24.3 Å². The van der Waals surface area contributed by atoms with Crippen LogP contribution in [-0.4, -0.2) is 20.3 Å². The first-order chi connectivity index (χ1) is 8.72. The predicted molar refractivity (Wildman–Crippen MR) is 71.8 cm³/mol. The van der Waals surface area contributed by atoms with E-state index in [1.54, 1.807) is 24.3 Å². The molecular weight excluding hydrogens is 347 g/mol. The molecule has 1 rings (SSSR count). The minimum absolute atomic E-state index is 0.344. The maximum Gasteiger partial charge on any atom is 0.389 e. The maximum absolute atomic E-state index is 11.9. The van der Waals surface area contributed by atoms with Crippen molar-refractivity contribution in [1.82, 2.24) is 0 Å². The number of benzene rings is 1. The first-order valence-corrected chi connectivity index (χ1v) is 8.21. The highest BCUT2D eigenvalue weighted by Gasteiger charge is 2.27. The first kappa shape index (κ1) is 16.3. The third kappa shape index (κ3) is 6.81. The van der Waals surface area contributed by atoms with Crippen LogP contribution < -0.4 is 4.72 Å². The van der Waals surface area contributed by atoms with Gasteiger partial charge in [-0.3, -0.25) is 4.72 Å². The Kier molecular flexibility index (Phi) is 5.66. The van der Waals surface area contributed by atoms with Gasteiger partial charge in [-0.15, -0.1) is 0 Å². The van der Waals surface area contributed by atoms with E-state index < -0.39 is 34.8 Å². The van der Waals surface area contributed by atoms with Crippen LogP contribution in [0.1, 0.15) is 18.4 Å². The maximum atomic E-state index is 11.9. The number of hydrogen-bond acceptors (Lipinski definition) is 2. The van der Waals surface area contributed by atoms with E-state index in [1.165, 1.54) is 0 Å². The van der Waals surface area contributed by atoms with Crippen LogP contribution in [0.25, 0.3) is 0 Å². The summed E-state index contributed by atoms with van der Waals surface area (Å²) < 4.78 is 61.1. The zero-order chi connectivity index (χ0) is 14.5. The summed E-state index contributed by atoms with van der Waals surface area (Å²) >= 11 is 3.25. The molecular formula is C11H13BrF3NO2S. The van der Waals surface area contributed by atoms with Gasteiger partial charge in [0.1, 0.15) is 0 Å². The van der Waals surface area contributed by atoms with Crippen LogP contribution in [0.5, 0.6) is 0 Å². The van der Waals surface area contributed by atoms with Gasteiger partial charge in [0.25, 0.3) is 0 Å². The highest BCUT2D eigenvalue weighted by Crippen LogP contribution is 2.22. The van der Waals surface area contributed by atoms with Crippen LogP contribution in [0, 0.1) is 0 Å². The molecule has 108 valence electrons. The molecule has 0 heterocycles. The number of sulfonamides is 1. The normalized spacial score (nSPS) is 12.4. The van der Waals surface area contributed by atoms with Gasteiger partial charge in [0.2, 0.25) is 10.0 Å². The number of anilines is 1. The fourth-order valence-corrected chi connectivity index (χ4v) is 2.85. The van der Waals surface area contributed by atoms with E-state index in [0.717, 1.165) is 5.56 Å². The van der Waals surface area contributed by atoms with E-state index in [0.29, 0.717) is 11.0 Å². The number of hydrogen-bond donors (Lipinski definition) is 1. The molecule has 0 atom stereocenters. The second kappa shape index (κ2) is 6.60. The monoisotopic (exact) mass is 359 g/mol. The van der Waals surface area contributed by atoms with E-state index in [4.69, 9.17) is 0 Å². The molecule has 0 aliphatic rings. The number of alkyl halides is 4. The highest BCUT2D eigenvalue weighted by molar-refractivity contribution is 9.08. The number of rotatable bonds is 6. The molecule has 0 saturated carbocycles. The molecule has 0 spiro atoms. The summed E-state index contributed by atoms with van der Waals surface area (Å²) in [5.74, 6) is -0.549. The fourth-order valence-electron chi connectivity index (χ4n) is 1.36. The average Bonchev–Trinajstić information content (AvgIpc) is 2.27. The van der Waals surface area contributed by atoms with Gasteiger partial charge in [-0.2, -0.15) is 13.2 Å². The summed E-state index contributed by atoms with van der Waals surface area (Å²) in [6.45, 7) is 0. The van der Waals surface area contributed by atoms with Crippen molar-refractivity contribution in [1.29, 1.82) is 0 Å². The summed E-state index contributed by atoms with van der Waals surface area (Å²) in [4.78, 5) is 0. The van der Waals surface area contributed by atoms with Crippen LogP contribution in [0.2, 0.25) is 0 Å². The zero-order valence-corrected chi connectivity index (χ0v) is 12.3. The molecule has 0 bridgehead atoms. The standard InChI is InChI=1S/C11H13BrF3NO2S/c12-8-9-2-4-10(5-3-9)16-19(17,18)7-1-6-11(13,14)15/h2-5,16H,1,6-8H2. The van der Waals surface area contributed by atoms with Gasteiger partial charge in [-0.05, 0) is 24.1 Å². The van der Waals surface area contributed by atoms with Crippen molar-refractivity contribution < 1.29 is 21.6 Å². The van der Waals surface area contributed by atoms with E-state index in [-0.39, 0.29) is 0 Å². The van der Waals surface area contributed by atoms with Gasteiger partial charge in [0.15, 0.2) is 0 Å². The minimum Gasteiger partial charge on any atom is -0.284 e. The Morgan fingerprint density at radius 1 is 1.16 bits per heavy atom. The quantitative estimate of drug-likeness (QED) is 0.787. The SMILES string of the molecule is O=S(=O)(CCCC(F)(F)F)Nc1ccc(CBr)cc1. The van der Waals surface area contributed by atoms with Crippen LogP contribution in [0.3, 0.4) is 0 Å². The van der Waals surface area contributed by atoms with Crippen LogP contribution in [0.4, 0.5) is 18.9 Å². The molecule has 3 nitrogen and oxygen atoms in total.